The van der Waals surface area contributed by atoms with Crippen molar-refractivity contribution in [2.75, 3.05) is 33.3 Å². The van der Waals surface area contributed by atoms with Gasteiger partial charge >= 0.3 is 5.97 Å². The first kappa shape index (κ1) is 17.9. The number of nitrogens with zero attached hydrogens (tertiary/aromatic N) is 4. The lowest BCUT2D eigenvalue weighted by Crippen LogP contribution is -2.48. The monoisotopic (exact) mass is 358 g/mol. The summed E-state index contributed by atoms with van der Waals surface area (Å²) in [7, 11) is 1.65. The first-order valence-electron chi connectivity index (χ1n) is 8.45. The van der Waals surface area contributed by atoms with Crippen molar-refractivity contribution in [3.05, 3.63) is 47.8 Å². The lowest BCUT2D eigenvalue weighted by atomic mass is 10.2. The van der Waals surface area contributed by atoms with Gasteiger partial charge in [0.1, 0.15) is 18.0 Å². The number of carbonyl (C=O) groups is 2. The van der Waals surface area contributed by atoms with Gasteiger partial charge < -0.3 is 14.7 Å². The normalized spacial score (nSPS) is 15.0. The largest absolute Gasteiger partial charge is 0.497 e. The predicted octanol–water partition coefficient (Wildman–Crippen LogP) is 0.934. The topological polar surface area (TPSA) is 87.9 Å². The number of amides is 1. The molecule has 0 bridgehead atoms. The third-order valence-electron chi connectivity index (χ3n) is 4.42. The highest BCUT2D eigenvalue weighted by atomic mass is 16.5. The quantitative estimate of drug-likeness (QED) is 0.827. The van der Waals surface area contributed by atoms with Gasteiger partial charge in [-0.05, 0) is 23.8 Å². The molecule has 3 rings (SSSR count). The first-order valence-corrected chi connectivity index (χ1v) is 8.45. The van der Waals surface area contributed by atoms with Gasteiger partial charge in [-0.3, -0.25) is 14.5 Å². The summed E-state index contributed by atoms with van der Waals surface area (Å²) in [6.45, 7) is 3.20. The number of ether oxygens (including phenoxy) is 1. The average Bonchev–Trinajstić information content (AvgIpc) is 3.09. The fraction of sp³-hybridized carbons (Fsp3) is 0.389. The minimum Gasteiger partial charge on any atom is -0.497 e. The zero-order chi connectivity index (χ0) is 18.5. The number of rotatable bonds is 6. The number of carboxylic acid groups (broad SMARTS) is 1. The van der Waals surface area contributed by atoms with Crippen molar-refractivity contribution in [3.8, 4) is 5.75 Å². The molecule has 0 spiro atoms. The van der Waals surface area contributed by atoms with Crippen molar-refractivity contribution >= 4 is 11.9 Å². The molecule has 1 aromatic carbocycles. The van der Waals surface area contributed by atoms with Crippen LogP contribution in [-0.4, -0.2) is 69.9 Å². The van der Waals surface area contributed by atoms with Crippen LogP contribution in [0.3, 0.4) is 0 Å². The minimum atomic E-state index is -1.02. The van der Waals surface area contributed by atoms with E-state index in [1.54, 1.807) is 18.1 Å². The van der Waals surface area contributed by atoms with Gasteiger partial charge in [-0.2, -0.15) is 5.10 Å². The molecule has 26 heavy (non-hydrogen) atoms. The summed E-state index contributed by atoms with van der Waals surface area (Å²) < 4.78 is 6.48. The molecule has 2 heterocycles. The lowest BCUT2D eigenvalue weighted by Gasteiger charge is -2.34. The molecular formula is C18H22N4O4. The summed E-state index contributed by atoms with van der Waals surface area (Å²) in [5, 5.41) is 12.8. The molecule has 1 N–H and O–H groups in total. The molecule has 0 radical (unpaired) electrons. The van der Waals surface area contributed by atoms with Crippen molar-refractivity contribution in [1.82, 2.24) is 19.6 Å². The van der Waals surface area contributed by atoms with Gasteiger partial charge in [-0.15, -0.1) is 0 Å². The van der Waals surface area contributed by atoms with Crippen LogP contribution in [0.1, 0.15) is 16.1 Å². The second kappa shape index (κ2) is 8.01. The Hall–Kier alpha value is -2.87. The standard InChI is InChI=1S/C18H22N4O4/c1-26-15-4-2-3-14(11-15)12-20-7-9-21(10-8-20)18(25)16-5-6-19-22(16)13-17(23)24/h2-6,11H,7-10,12-13H2,1H3,(H,23,24). The van der Waals surface area contributed by atoms with E-state index >= 15 is 0 Å². The van der Waals surface area contributed by atoms with Crippen molar-refractivity contribution in [1.29, 1.82) is 0 Å². The molecule has 1 aliphatic rings. The van der Waals surface area contributed by atoms with E-state index in [0.29, 0.717) is 18.8 Å². The minimum absolute atomic E-state index is 0.176. The van der Waals surface area contributed by atoms with Crippen LogP contribution in [0.15, 0.2) is 36.5 Å². The zero-order valence-corrected chi connectivity index (χ0v) is 14.7. The van der Waals surface area contributed by atoms with E-state index in [2.05, 4.69) is 16.1 Å². The van der Waals surface area contributed by atoms with Crippen molar-refractivity contribution < 1.29 is 19.4 Å². The summed E-state index contributed by atoms with van der Waals surface area (Å²) >= 11 is 0. The van der Waals surface area contributed by atoms with Gasteiger partial charge in [0.15, 0.2) is 0 Å². The molecule has 138 valence electrons. The van der Waals surface area contributed by atoms with Crippen molar-refractivity contribution in [2.24, 2.45) is 0 Å². The predicted molar refractivity (Wildman–Crippen MR) is 94.0 cm³/mol. The van der Waals surface area contributed by atoms with Gasteiger partial charge in [0, 0.05) is 38.9 Å². The Kier molecular flexibility index (Phi) is 5.52. The SMILES string of the molecule is COc1cccc(CN2CCN(C(=O)c3ccnn3CC(=O)O)CC2)c1. The van der Waals surface area contributed by atoms with Crippen LogP contribution in [0.25, 0.3) is 0 Å². The third-order valence-corrected chi connectivity index (χ3v) is 4.42. The van der Waals surface area contributed by atoms with Crippen LogP contribution in [-0.2, 0) is 17.9 Å². The Balaban J connectivity index is 1.57. The van der Waals surface area contributed by atoms with Gasteiger partial charge in [-0.1, -0.05) is 12.1 Å². The molecule has 0 aliphatic carbocycles. The summed E-state index contributed by atoms with van der Waals surface area (Å²) in [4.78, 5) is 27.6. The van der Waals surface area contributed by atoms with Crippen LogP contribution in [0.2, 0.25) is 0 Å². The van der Waals surface area contributed by atoms with Crippen LogP contribution >= 0.6 is 0 Å². The van der Waals surface area contributed by atoms with Gasteiger partial charge in [-0.25, -0.2) is 4.68 Å². The van der Waals surface area contributed by atoms with E-state index < -0.39 is 5.97 Å². The zero-order valence-electron chi connectivity index (χ0n) is 14.7. The van der Waals surface area contributed by atoms with Crippen LogP contribution in [0.5, 0.6) is 5.75 Å². The lowest BCUT2D eigenvalue weighted by molar-refractivity contribution is -0.137. The number of aromatic nitrogens is 2. The molecule has 0 unspecified atom stereocenters. The van der Waals surface area contributed by atoms with Crippen LogP contribution < -0.4 is 4.74 Å². The van der Waals surface area contributed by atoms with Crippen molar-refractivity contribution in [2.45, 2.75) is 13.1 Å². The van der Waals surface area contributed by atoms with Crippen LogP contribution in [0, 0.1) is 0 Å². The smallest absolute Gasteiger partial charge is 0.325 e. The number of hydrogen-bond acceptors (Lipinski definition) is 5. The van der Waals surface area contributed by atoms with Gasteiger partial charge in [0.05, 0.1) is 7.11 Å². The first-order chi connectivity index (χ1) is 12.6. The van der Waals surface area contributed by atoms with Crippen LogP contribution in [0.4, 0.5) is 0 Å². The molecule has 1 saturated heterocycles. The molecule has 0 atom stereocenters. The molecule has 1 aliphatic heterocycles. The number of piperazine rings is 1. The second-order valence-corrected chi connectivity index (χ2v) is 6.19. The number of carboxylic acids is 1. The molecule has 1 fully saturated rings. The number of hydrogen-bond donors (Lipinski definition) is 1. The molecular weight excluding hydrogens is 336 g/mol. The second-order valence-electron chi connectivity index (χ2n) is 6.19. The Morgan fingerprint density at radius 3 is 2.65 bits per heavy atom. The Bertz CT molecular complexity index is 781. The maximum absolute atomic E-state index is 12.6. The molecule has 1 amide bonds. The Morgan fingerprint density at radius 2 is 1.96 bits per heavy atom. The van der Waals surface area contributed by atoms with Gasteiger partial charge in [0.25, 0.3) is 5.91 Å². The van der Waals surface area contributed by atoms with E-state index in [4.69, 9.17) is 9.84 Å². The third kappa shape index (κ3) is 4.20. The maximum Gasteiger partial charge on any atom is 0.325 e. The van der Waals surface area contributed by atoms with Crippen molar-refractivity contribution in [3.63, 3.8) is 0 Å². The molecule has 8 nitrogen and oxygen atoms in total. The number of aliphatic carboxylic acids is 1. The van der Waals surface area contributed by atoms with E-state index in [9.17, 15) is 9.59 Å². The molecule has 8 heteroatoms. The molecule has 0 saturated carbocycles. The molecule has 1 aromatic heterocycles. The Morgan fingerprint density at radius 1 is 1.19 bits per heavy atom. The average molecular weight is 358 g/mol. The van der Waals surface area contributed by atoms with Gasteiger partial charge in [0.2, 0.25) is 0 Å². The number of methoxy groups -OCH3 is 1. The number of benzene rings is 1. The summed E-state index contributed by atoms with van der Waals surface area (Å²) in [5.74, 6) is -0.362. The molecule has 2 aromatic rings. The number of carbonyl (C=O) groups excluding carboxylic acids is 1. The Labute approximate surface area is 151 Å². The summed E-state index contributed by atoms with van der Waals surface area (Å²) in [5.41, 5.74) is 1.48. The fourth-order valence-electron chi connectivity index (χ4n) is 3.07. The maximum atomic E-state index is 12.6. The summed E-state index contributed by atoms with van der Waals surface area (Å²) in [6.07, 6.45) is 1.45. The van der Waals surface area contributed by atoms with E-state index in [-0.39, 0.29) is 12.5 Å². The highest BCUT2D eigenvalue weighted by molar-refractivity contribution is 5.93. The summed E-state index contributed by atoms with van der Waals surface area (Å²) in [6, 6.07) is 9.53. The highest BCUT2D eigenvalue weighted by Crippen LogP contribution is 2.16. The fourth-order valence-corrected chi connectivity index (χ4v) is 3.07. The van der Waals surface area contributed by atoms with E-state index in [1.165, 1.54) is 16.4 Å². The van der Waals surface area contributed by atoms with E-state index in [0.717, 1.165) is 25.4 Å². The highest BCUT2D eigenvalue weighted by Gasteiger charge is 2.25. The van der Waals surface area contributed by atoms with E-state index in [1.807, 2.05) is 18.2 Å².